The zero-order valence-electron chi connectivity index (χ0n) is 10.4. The number of hydrogen-bond donors (Lipinski definition) is 0. The van der Waals surface area contributed by atoms with Crippen molar-refractivity contribution in [3.63, 3.8) is 0 Å². The van der Waals surface area contributed by atoms with Gasteiger partial charge in [-0.15, -0.1) is 0 Å². The first kappa shape index (κ1) is 13.7. The molecule has 0 aliphatic rings. The Kier molecular flexibility index (Phi) is 9.13. The van der Waals surface area contributed by atoms with E-state index in [1.54, 1.807) is 0 Å². The first-order valence-corrected chi connectivity index (χ1v) is 6.37. The van der Waals surface area contributed by atoms with Crippen LogP contribution in [0.15, 0.2) is 12.2 Å². The van der Waals surface area contributed by atoms with Gasteiger partial charge in [-0.1, -0.05) is 65.0 Å². The van der Waals surface area contributed by atoms with Crippen LogP contribution in [0, 0.1) is 5.92 Å². The van der Waals surface area contributed by atoms with Gasteiger partial charge in [0.2, 0.25) is 0 Å². The highest BCUT2D eigenvalue weighted by Crippen LogP contribution is 2.19. The Hall–Kier alpha value is -0.260. The van der Waals surface area contributed by atoms with Crippen molar-refractivity contribution in [2.75, 3.05) is 0 Å². The van der Waals surface area contributed by atoms with Crippen molar-refractivity contribution in [1.82, 2.24) is 0 Å². The molecular formula is C14H28. The second-order valence-electron chi connectivity index (χ2n) is 4.64. The molecule has 0 fully saturated rings. The molecule has 0 N–H and O–H groups in total. The molecule has 0 radical (unpaired) electrons. The van der Waals surface area contributed by atoms with Gasteiger partial charge in [-0.3, -0.25) is 0 Å². The van der Waals surface area contributed by atoms with Crippen molar-refractivity contribution < 1.29 is 0 Å². The lowest BCUT2D eigenvalue weighted by Gasteiger charge is -2.11. The summed E-state index contributed by atoms with van der Waals surface area (Å²) in [5.41, 5.74) is 1.45. The van der Waals surface area contributed by atoms with Crippen molar-refractivity contribution >= 4 is 0 Å². The van der Waals surface area contributed by atoms with Crippen LogP contribution in [0.3, 0.4) is 0 Å². The van der Waals surface area contributed by atoms with E-state index in [4.69, 9.17) is 0 Å². The highest BCUT2D eigenvalue weighted by Gasteiger charge is 2.02. The summed E-state index contributed by atoms with van der Waals surface area (Å²) in [6.45, 7) is 11.0. The second-order valence-corrected chi connectivity index (χ2v) is 4.64. The molecule has 0 aromatic carbocycles. The Labute approximate surface area is 90.8 Å². The van der Waals surface area contributed by atoms with Gasteiger partial charge in [0, 0.05) is 0 Å². The SMILES string of the molecule is C=C(CCC)CCC(C)CCCCC. The lowest BCUT2D eigenvalue weighted by molar-refractivity contribution is 0.461. The molecule has 0 aliphatic carbocycles. The summed E-state index contributed by atoms with van der Waals surface area (Å²) >= 11 is 0. The van der Waals surface area contributed by atoms with Crippen molar-refractivity contribution in [3.05, 3.63) is 12.2 Å². The molecule has 0 aliphatic heterocycles. The molecule has 0 saturated carbocycles. The van der Waals surface area contributed by atoms with Crippen LogP contribution in [-0.2, 0) is 0 Å². The van der Waals surface area contributed by atoms with E-state index in [2.05, 4.69) is 27.4 Å². The molecule has 1 unspecified atom stereocenters. The summed E-state index contributed by atoms with van der Waals surface area (Å²) in [7, 11) is 0. The summed E-state index contributed by atoms with van der Waals surface area (Å²) in [5, 5.41) is 0. The summed E-state index contributed by atoms with van der Waals surface area (Å²) in [6.07, 6.45) is 10.6. The minimum Gasteiger partial charge on any atom is -0.0999 e. The average molecular weight is 196 g/mol. The number of rotatable bonds is 9. The molecular weight excluding hydrogens is 168 g/mol. The fourth-order valence-corrected chi connectivity index (χ4v) is 1.82. The van der Waals surface area contributed by atoms with Crippen molar-refractivity contribution in [3.8, 4) is 0 Å². The predicted octanol–water partition coefficient (Wildman–Crippen LogP) is 5.34. The first-order chi connectivity index (χ1) is 6.70. The number of allylic oxidation sites excluding steroid dienone is 1. The molecule has 0 aromatic rings. The van der Waals surface area contributed by atoms with E-state index in [0.717, 1.165) is 5.92 Å². The third kappa shape index (κ3) is 8.34. The molecule has 0 aromatic heterocycles. The quantitative estimate of drug-likeness (QED) is 0.345. The first-order valence-electron chi connectivity index (χ1n) is 6.37. The normalized spacial score (nSPS) is 12.8. The summed E-state index contributed by atoms with van der Waals surface area (Å²) in [5.74, 6) is 0.898. The summed E-state index contributed by atoms with van der Waals surface area (Å²) in [6, 6.07) is 0. The van der Waals surface area contributed by atoms with Crippen molar-refractivity contribution in [2.24, 2.45) is 5.92 Å². The van der Waals surface area contributed by atoms with Crippen LogP contribution in [0.25, 0.3) is 0 Å². The van der Waals surface area contributed by atoms with Gasteiger partial charge in [0.25, 0.3) is 0 Å². The third-order valence-corrected chi connectivity index (χ3v) is 2.89. The summed E-state index contributed by atoms with van der Waals surface area (Å²) < 4.78 is 0. The molecule has 84 valence electrons. The standard InChI is InChI=1S/C14H28/c1-5-7-8-10-14(4)12-11-13(3)9-6-2/h14H,3,5-12H2,1-2,4H3. The number of hydrogen-bond acceptors (Lipinski definition) is 0. The molecule has 0 heteroatoms. The molecule has 0 rings (SSSR count). The van der Waals surface area contributed by atoms with Crippen LogP contribution in [0.5, 0.6) is 0 Å². The van der Waals surface area contributed by atoms with Crippen LogP contribution < -0.4 is 0 Å². The smallest absolute Gasteiger partial charge is 0.0320 e. The highest BCUT2D eigenvalue weighted by atomic mass is 14.1. The average Bonchev–Trinajstić information content (AvgIpc) is 2.16. The monoisotopic (exact) mass is 196 g/mol. The summed E-state index contributed by atoms with van der Waals surface area (Å²) in [4.78, 5) is 0. The minimum absolute atomic E-state index is 0.898. The Bertz CT molecular complexity index is 135. The molecule has 0 bridgehead atoms. The second kappa shape index (κ2) is 9.30. The van der Waals surface area contributed by atoms with Crippen LogP contribution in [-0.4, -0.2) is 0 Å². The molecule has 0 heterocycles. The van der Waals surface area contributed by atoms with Crippen LogP contribution in [0.1, 0.15) is 72.1 Å². The maximum Gasteiger partial charge on any atom is -0.0320 e. The lowest BCUT2D eigenvalue weighted by Crippen LogP contribution is -1.95. The van der Waals surface area contributed by atoms with Gasteiger partial charge < -0.3 is 0 Å². The Morgan fingerprint density at radius 3 is 2.29 bits per heavy atom. The van der Waals surface area contributed by atoms with Crippen LogP contribution in [0.2, 0.25) is 0 Å². The highest BCUT2D eigenvalue weighted by molar-refractivity contribution is 4.93. The fourth-order valence-electron chi connectivity index (χ4n) is 1.82. The van der Waals surface area contributed by atoms with Crippen molar-refractivity contribution in [1.29, 1.82) is 0 Å². The minimum atomic E-state index is 0.898. The van der Waals surface area contributed by atoms with Gasteiger partial charge in [-0.25, -0.2) is 0 Å². The van der Waals surface area contributed by atoms with E-state index in [-0.39, 0.29) is 0 Å². The lowest BCUT2D eigenvalue weighted by atomic mass is 9.95. The zero-order chi connectivity index (χ0) is 10.8. The van der Waals surface area contributed by atoms with E-state index in [1.165, 1.54) is 56.9 Å². The van der Waals surface area contributed by atoms with Gasteiger partial charge in [-0.2, -0.15) is 0 Å². The predicted molar refractivity (Wildman–Crippen MR) is 66.6 cm³/mol. The van der Waals surface area contributed by atoms with Crippen LogP contribution in [0.4, 0.5) is 0 Å². The van der Waals surface area contributed by atoms with Gasteiger partial charge >= 0.3 is 0 Å². The van der Waals surface area contributed by atoms with Gasteiger partial charge in [-0.05, 0) is 25.2 Å². The topological polar surface area (TPSA) is 0 Å². The van der Waals surface area contributed by atoms with Crippen molar-refractivity contribution in [2.45, 2.75) is 72.1 Å². The molecule has 0 saturated heterocycles. The fraction of sp³-hybridized carbons (Fsp3) is 0.857. The maximum absolute atomic E-state index is 4.11. The molecule has 14 heavy (non-hydrogen) atoms. The van der Waals surface area contributed by atoms with E-state index in [0.29, 0.717) is 0 Å². The molecule has 0 spiro atoms. The number of unbranched alkanes of at least 4 members (excludes halogenated alkanes) is 2. The van der Waals surface area contributed by atoms with E-state index in [9.17, 15) is 0 Å². The van der Waals surface area contributed by atoms with Gasteiger partial charge in [0.05, 0.1) is 0 Å². The molecule has 0 nitrogen and oxygen atoms in total. The van der Waals surface area contributed by atoms with E-state index < -0.39 is 0 Å². The largest absolute Gasteiger partial charge is 0.0999 e. The van der Waals surface area contributed by atoms with Gasteiger partial charge in [0.1, 0.15) is 0 Å². The zero-order valence-corrected chi connectivity index (χ0v) is 10.4. The maximum atomic E-state index is 4.11. The third-order valence-electron chi connectivity index (χ3n) is 2.89. The van der Waals surface area contributed by atoms with Crippen LogP contribution >= 0.6 is 0 Å². The Morgan fingerprint density at radius 1 is 1.00 bits per heavy atom. The molecule has 1 atom stereocenters. The van der Waals surface area contributed by atoms with E-state index >= 15 is 0 Å². The Morgan fingerprint density at radius 2 is 1.71 bits per heavy atom. The van der Waals surface area contributed by atoms with E-state index in [1.807, 2.05) is 0 Å². The molecule has 0 amide bonds. The van der Waals surface area contributed by atoms with Gasteiger partial charge in [0.15, 0.2) is 0 Å². The Balaban J connectivity index is 3.33.